The second kappa shape index (κ2) is 7.85. The molecule has 1 aromatic rings. The molecule has 1 aromatic carbocycles. The van der Waals surface area contributed by atoms with Crippen molar-refractivity contribution in [2.75, 3.05) is 32.8 Å². The number of para-hydroxylation sites is 1. The summed E-state index contributed by atoms with van der Waals surface area (Å²) < 4.78 is 10.8. The van der Waals surface area contributed by atoms with E-state index in [1.54, 1.807) is 23.6 Å². The number of amides is 2. The first-order chi connectivity index (χ1) is 11.0. The van der Waals surface area contributed by atoms with Gasteiger partial charge in [0.25, 0.3) is 5.91 Å². The summed E-state index contributed by atoms with van der Waals surface area (Å²) in [6, 6.07) is 7.63. The van der Waals surface area contributed by atoms with Crippen LogP contribution in [-0.4, -0.2) is 60.7 Å². The summed E-state index contributed by atoms with van der Waals surface area (Å²) in [6.45, 7) is 7.82. The van der Waals surface area contributed by atoms with Crippen molar-refractivity contribution in [2.45, 2.75) is 26.9 Å². The number of benzene rings is 1. The van der Waals surface area contributed by atoms with Gasteiger partial charge in [0.15, 0.2) is 6.10 Å². The molecule has 0 saturated carbocycles. The molecule has 1 saturated heterocycles. The molecule has 1 heterocycles. The molecule has 23 heavy (non-hydrogen) atoms. The summed E-state index contributed by atoms with van der Waals surface area (Å²) in [5, 5.41) is 0. The van der Waals surface area contributed by atoms with Crippen LogP contribution in [0, 0.1) is 6.92 Å². The number of nitrogens with zero attached hydrogens (tertiary/aromatic N) is 2. The van der Waals surface area contributed by atoms with E-state index in [4.69, 9.17) is 9.47 Å². The molecule has 126 valence electrons. The third-order valence-corrected chi connectivity index (χ3v) is 3.86. The van der Waals surface area contributed by atoms with Gasteiger partial charge < -0.3 is 19.3 Å². The molecular formula is C17H24N2O4. The molecule has 2 amide bonds. The zero-order valence-electron chi connectivity index (χ0n) is 13.9. The second-order valence-electron chi connectivity index (χ2n) is 5.54. The lowest BCUT2D eigenvalue weighted by Gasteiger charge is -2.35. The van der Waals surface area contributed by atoms with Crippen molar-refractivity contribution in [1.82, 2.24) is 9.80 Å². The quantitative estimate of drug-likeness (QED) is 0.852. The third-order valence-electron chi connectivity index (χ3n) is 3.86. The monoisotopic (exact) mass is 320 g/mol. The fourth-order valence-electron chi connectivity index (χ4n) is 2.51. The van der Waals surface area contributed by atoms with Crippen LogP contribution in [-0.2, 0) is 9.53 Å². The lowest BCUT2D eigenvalue weighted by Crippen LogP contribution is -2.53. The topological polar surface area (TPSA) is 59.1 Å². The van der Waals surface area contributed by atoms with Gasteiger partial charge in [-0.3, -0.25) is 4.79 Å². The van der Waals surface area contributed by atoms with E-state index in [0.717, 1.165) is 11.3 Å². The standard InChI is InChI=1S/C17H24N2O4/c1-4-22-17(21)19-11-9-18(10-12-19)16(20)14(3)23-15-8-6-5-7-13(15)2/h5-8,14H,4,9-12H2,1-3H3. The van der Waals surface area contributed by atoms with Crippen LogP contribution in [0.4, 0.5) is 4.79 Å². The van der Waals surface area contributed by atoms with E-state index < -0.39 is 6.10 Å². The Hall–Kier alpha value is -2.24. The van der Waals surface area contributed by atoms with E-state index >= 15 is 0 Å². The summed E-state index contributed by atoms with van der Waals surface area (Å²) in [5.41, 5.74) is 0.999. The highest BCUT2D eigenvalue weighted by Crippen LogP contribution is 2.18. The van der Waals surface area contributed by atoms with Crippen molar-refractivity contribution >= 4 is 12.0 Å². The summed E-state index contributed by atoms with van der Waals surface area (Å²) in [5.74, 6) is 0.662. The molecule has 0 bridgehead atoms. The van der Waals surface area contributed by atoms with Crippen LogP contribution in [0.2, 0.25) is 0 Å². The van der Waals surface area contributed by atoms with Gasteiger partial charge >= 0.3 is 6.09 Å². The maximum absolute atomic E-state index is 12.5. The maximum atomic E-state index is 12.5. The molecule has 6 nitrogen and oxygen atoms in total. The lowest BCUT2D eigenvalue weighted by molar-refractivity contribution is -0.139. The van der Waals surface area contributed by atoms with Gasteiger partial charge in [-0.15, -0.1) is 0 Å². The normalized spacial score (nSPS) is 16.0. The SMILES string of the molecule is CCOC(=O)N1CCN(C(=O)C(C)Oc2ccccc2C)CC1. The van der Waals surface area contributed by atoms with Gasteiger partial charge in [0.1, 0.15) is 5.75 Å². The highest BCUT2D eigenvalue weighted by Gasteiger charge is 2.28. The molecule has 2 rings (SSSR count). The second-order valence-corrected chi connectivity index (χ2v) is 5.54. The Morgan fingerprint density at radius 3 is 2.35 bits per heavy atom. The number of hydrogen-bond acceptors (Lipinski definition) is 4. The Labute approximate surface area is 137 Å². The fraction of sp³-hybridized carbons (Fsp3) is 0.529. The molecule has 0 spiro atoms. The molecule has 0 radical (unpaired) electrons. The van der Waals surface area contributed by atoms with Crippen LogP contribution in [0.25, 0.3) is 0 Å². The average molecular weight is 320 g/mol. The third kappa shape index (κ3) is 4.37. The number of carbonyl (C=O) groups is 2. The first-order valence-corrected chi connectivity index (χ1v) is 7.95. The summed E-state index contributed by atoms with van der Waals surface area (Å²) in [7, 11) is 0. The fourth-order valence-corrected chi connectivity index (χ4v) is 2.51. The van der Waals surface area contributed by atoms with Crippen molar-refractivity contribution in [3.8, 4) is 5.75 Å². The van der Waals surface area contributed by atoms with Gasteiger partial charge in [-0.2, -0.15) is 0 Å². The minimum atomic E-state index is -0.551. The highest BCUT2D eigenvalue weighted by atomic mass is 16.6. The first-order valence-electron chi connectivity index (χ1n) is 7.95. The summed E-state index contributed by atoms with van der Waals surface area (Å²) in [4.78, 5) is 27.5. The van der Waals surface area contributed by atoms with Crippen molar-refractivity contribution in [2.24, 2.45) is 0 Å². The van der Waals surface area contributed by atoms with Crippen LogP contribution in [0.5, 0.6) is 5.75 Å². The number of ether oxygens (including phenoxy) is 2. The minimum Gasteiger partial charge on any atom is -0.481 e. The molecule has 1 atom stereocenters. The predicted octanol–water partition coefficient (Wildman–Crippen LogP) is 2.06. The zero-order chi connectivity index (χ0) is 16.8. The molecule has 6 heteroatoms. The highest BCUT2D eigenvalue weighted by molar-refractivity contribution is 5.81. The van der Waals surface area contributed by atoms with Gasteiger partial charge in [0.2, 0.25) is 0 Å². The van der Waals surface area contributed by atoms with Gasteiger partial charge in [0, 0.05) is 26.2 Å². The summed E-state index contributed by atoms with van der Waals surface area (Å²) >= 11 is 0. The van der Waals surface area contributed by atoms with Crippen molar-refractivity contribution in [1.29, 1.82) is 0 Å². The van der Waals surface area contributed by atoms with E-state index in [1.807, 2.05) is 31.2 Å². The van der Waals surface area contributed by atoms with Crippen molar-refractivity contribution in [3.63, 3.8) is 0 Å². The molecule has 0 aliphatic carbocycles. The van der Waals surface area contributed by atoms with Gasteiger partial charge in [-0.25, -0.2) is 4.79 Å². The van der Waals surface area contributed by atoms with Gasteiger partial charge in [0.05, 0.1) is 6.61 Å². The van der Waals surface area contributed by atoms with Crippen LogP contribution < -0.4 is 4.74 Å². The van der Waals surface area contributed by atoms with E-state index in [9.17, 15) is 9.59 Å². The number of rotatable bonds is 4. The average Bonchev–Trinajstić information content (AvgIpc) is 2.56. The number of aryl methyl sites for hydroxylation is 1. The molecule has 1 aliphatic heterocycles. The largest absolute Gasteiger partial charge is 0.481 e. The van der Waals surface area contributed by atoms with Crippen molar-refractivity contribution in [3.05, 3.63) is 29.8 Å². The van der Waals surface area contributed by atoms with Gasteiger partial charge in [-0.1, -0.05) is 18.2 Å². The van der Waals surface area contributed by atoms with Gasteiger partial charge in [-0.05, 0) is 32.4 Å². The molecule has 0 N–H and O–H groups in total. The molecule has 1 aliphatic rings. The van der Waals surface area contributed by atoms with E-state index in [2.05, 4.69) is 0 Å². The Balaban J connectivity index is 1.87. The first kappa shape index (κ1) is 17.1. The number of hydrogen-bond donors (Lipinski definition) is 0. The molecular weight excluding hydrogens is 296 g/mol. The Morgan fingerprint density at radius 2 is 1.74 bits per heavy atom. The Bertz CT molecular complexity index is 553. The van der Waals surface area contributed by atoms with Crippen LogP contribution in [0.3, 0.4) is 0 Å². The summed E-state index contributed by atoms with van der Waals surface area (Å²) in [6.07, 6.45) is -0.867. The number of piperazine rings is 1. The van der Waals surface area contributed by atoms with Crippen LogP contribution in [0.1, 0.15) is 19.4 Å². The maximum Gasteiger partial charge on any atom is 0.409 e. The molecule has 0 aromatic heterocycles. The smallest absolute Gasteiger partial charge is 0.409 e. The van der Waals surface area contributed by atoms with E-state index in [1.165, 1.54) is 0 Å². The van der Waals surface area contributed by atoms with Crippen LogP contribution in [0.15, 0.2) is 24.3 Å². The lowest BCUT2D eigenvalue weighted by atomic mass is 10.2. The predicted molar refractivity (Wildman–Crippen MR) is 86.4 cm³/mol. The van der Waals surface area contributed by atoms with E-state index in [0.29, 0.717) is 32.8 Å². The van der Waals surface area contributed by atoms with E-state index in [-0.39, 0.29) is 12.0 Å². The Morgan fingerprint density at radius 1 is 1.13 bits per heavy atom. The zero-order valence-corrected chi connectivity index (χ0v) is 13.9. The Kier molecular flexibility index (Phi) is 5.84. The molecule has 1 unspecified atom stereocenters. The molecule has 1 fully saturated rings. The number of carbonyl (C=O) groups excluding carboxylic acids is 2. The van der Waals surface area contributed by atoms with Crippen molar-refractivity contribution < 1.29 is 19.1 Å². The van der Waals surface area contributed by atoms with Crippen LogP contribution >= 0.6 is 0 Å². The minimum absolute atomic E-state index is 0.0586.